The van der Waals surface area contributed by atoms with Crippen molar-refractivity contribution in [2.75, 3.05) is 26.8 Å². The Bertz CT molecular complexity index is 567. The molecule has 0 saturated heterocycles. The number of rotatable bonds is 6. The van der Waals surface area contributed by atoms with Crippen LogP contribution in [0, 0.1) is 0 Å². The van der Waals surface area contributed by atoms with Gasteiger partial charge in [-0.15, -0.1) is 0 Å². The number of hydrogen-bond donors (Lipinski definition) is 1. The Labute approximate surface area is 118 Å². The number of nitrogens with one attached hydrogen (secondary N) is 1. The molecule has 0 atom stereocenters. The van der Waals surface area contributed by atoms with Crippen LogP contribution in [0.2, 0.25) is 0 Å². The number of imidazole rings is 1. The second kappa shape index (κ2) is 6.91. The quantitative estimate of drug-likeness (QED) is 0.814. The van der Waals surface area contributed by atoms with Crippen LogP contribution in [0.1, 0.15) is 12.6 Å². The third kappa shape index (κ3) is 3.27. The summed E-state index contributed by atoms with van der Waals surface area (Å²) in [5.74, 6) is 0. The number of ether oxygens (including phenoxy) is 1. The number of nitrogens with zero attached hydrogens (tertiary/aromatic N) is 3. The van der Waals surface area contributed by atoms with Gasteiger partial charge in [0.1, 0.15) is 5.65 Å². The molecule has 0 aromatic carbocycles. The van der Waals surface area contributed by atoms with Crippen molar-refractivity contribution in [3.8, 4) is 0 Å². The molecule has 0 unspecified atom stereocenters. The van der Waals surface area contributed by atoms with E-state index in [1.54, 1.807) is 18.2 Å². The van der Waals surface area contributed by atoms with E-state index < -0.39 is 0 Å². The van der Waals surface area contributed by atoms with Crippen LogP contribution < -0.4 is 5.32 Å². The van der Waals surface area contributed by atoms with E-state index in [9.17, 15) is 4.79 Å². The fourth-order valence-electron chi connectivity index (χ4n) is 2.00. The Kier molecular flexibility index (Phi) is 4.95. The van der Waals surface area contributed by atoms with Crippen molar-refractivity contribution in [3.05, 3.63) is 36.3 Å². The van der Waals surface area contributed by atoms with Gasteiger partial charge >= 0.3 is 6.03 Å². The topological polar surface area (TPSA) is 58.9 Å². The number of pyridine rings is 1. The van der Waals surface area contributed by atoms with Crippen molar-refractivity contribution in [1.29, 1.82) is 0 Å². The minimum Gasteiger partial charge on any atom is -0.383 e. The number of fused-ring (bicyclic) bond motifs is 1. The lowest BCUT2D eigenvalue weighted by molar-refractivity contribution is 0.179. The highest BCUT2D eigenvalue weighted by Crippen LogP contribution is 2.09. The smallest absolute Gasteiger partial charge is 0.317 e. The van der Waals surface area contributed by atoms with E-state index in [1.165, 1.54) is 0 Å². The summed E-state index contributed by atoms with van der Waals surface area (Å²) >= 11 is 0. The van der Waals surface area contributed by atoms with E-state index in [0.29, 0.717) is 26.2 Å². The monoisotopic (exact) mass is 276 g/mol. The molecule has 0 aliphatic rings. The first kappa shape index (κ1) is 14.3. The molecular formula is C14H20N4O2. The van der Waals surface area contributed by atoms with E-state index in [0.717, 1.165) is 11.3 Å². The molecule has 6 heteroatoms. The molecule has 0 aliphatic heterocycles. The van der Waals surface area contributed by atoms with Gasteiger partial charge in [0.15, 0.2) is 0 Å². The molecule has 2 heterocycles. The maximum atomic E-state index is 12.0. The molecule has 2 aromatic heterocycles. The summed E-state index contributed by atoms with van der Waals surface area (Å²) in [5.41, 5.74) is 1.88. The van der Waals surface area contributed by atoms with Gasteiger partial charge in [-0.3, -0.25) is 0 Å². The normalized spacial score (nSPS) is 10.7. The van der Waals surface area contributed by atoms with E-state index in [4.69, 9.17) is 4.74 Å². The van der Waals surface area contributed by atoms with Gasteiger partial charge in [-0.1, -0.05) is 6.07 Å². The number of methoxy groups -OCH3 is 1. The van der Waals surface area contributed by atoms with Crippen molar-refractivity contribution < 1.29 is 9.53 Å². The molecular weight excluding hydrogens is 256 g/mol. The summed E-state index contributed by atoms with van der Waals surface area (Å²) in [4.78, 5) is 18.1. The molecule has 2 rings (SSSR count). The predicted molar refractivity (Wildman–Crippen MR) is 76.6 cm³/mol. The number of carbonyl (C=O) groups excluding carboxylic acids is 1. The second-order valence-corrected chi connectivity index (χ2v) is 4.42. The number of amides is 2. The second-order valence-electron chi connectivity index (χ2n) is 4.42. The minimum atomic E-state index is -0.0876. The van der Waals surface area contributed by atoms with Crippen LogP contribution >= 0.6 is 0 Å². The summed E-state index contributed by atoms with van der Waals surface area (Å²) in [5, 5.41) is 2.83. The molecule has 20 heavy (non-hydrogen) atoms. The van der Waals surface area contributed by atoms with Crippen LogP contribution in [0.15, 0.2) is 30.6 Å². The first-order valence-corrected chi connectivity index (χ1v) is 6.69. The third-order valence-corrected chi connectivity index (χ3v) is 3.10. The van der Waals surface area contributed by atoms with Crippen molar-refractivity contribution in [1.82, 2.24) is 19.6 Å². The number of carbonyl (C=O) groups is 1. The average molecular weight is 276 g/mol. The fraction of sp³-hybridized carbons (Fsp3) is 0.429. The summed E-state index contributed by atoms with van der Waals surface area (Å²) in [6.45, 7) is 4.15. The Morgan fingerprint density at radius 3 is 3.10 bits per heavy atom. The summed E-state index contributed by atoms with van der Waals surface area (Å²) in [6.07, 6.45) is 3.76. The van der Waals surface area contributed by atoms with Gasteiger partial charge in [0.25, 0.3) is 0 Å². The van der Waals surface area contributed by atoms with E-state index >= 15 is 0 Å². The van der Waals surface area contributed by atoms with Crippen molar-refractivity contribution in [3.63, 3.8) is 0 Å². The molecule has 2 aromatic rings. The molecule has 0 radical (unpaired) electrons. The third-order valence-electron chi connectivity index (χ3n) is 3.10. The minimum absolute atomic E-state index is 0.0876. The van der Waals surface area contributed by atoms with Gasteiger partial charge in [0.05, 0.1) is 25.0 Å². The van der Waals surface area contributed by atoms with Gasteiger partial charge in [-0.2, -0.15) is 0 Å². The van der Waals surface area contributed by atoms with Gasteiger partial charge in [0.2, 0.25) is 0 Å². The number of hydrogen-bond acceptors (Lipinski definition) is 3. The largest absolute Gasteiger partial charge is 0.383 e. The van der Waals surface area contributed by atoms with Crippen molar-refractivity contribution in [2.24, 2.45) is 0 Å². The van der Waals surface area contributed by atoms with Gasteiger partial charge in [-0.25, -0.2) is 9.78 Å². The lowest BCUT2D eigenvalue weighted by Crippen LogP contribution is -2.40. The molecule has 2 amide bonds. The molecule has 108 valence electrons. The molecule has 0 aliphatic carbocycles. The predicted octanol–water partition coefficient (Wildman–Crippen LogP) is 1.51. The van der Waals surface area contributed by atoms with E-state index in [-0.39, 0.29) is 6.03 Å². The molecule has 0 saturated carbocycles. The Balaban J connectivity index is 2.04. The van der Waals surface area contributed by atoms with Crippen molar-refractivity contribution in [2.45, 2.75) is 13.5 Å². The van der Waals surface area contributed by atoms with Gasteiger partial charge in [-0.05, 0) is 19.1 Å². The number of urea groups is 1. The zero-order chi connectivity index (χ0) is 14.4. The van der Waals surface area contributed by atoms with Crippen LogP contribution in [-0.2, 0) is 11.3 Å². The highest BCUT2D eigenvalue weighted by molar-refractivity contribution is 5.74. The first-order valence-electron chi connectivity index (χ1n) is 6.69. The maximum absolute atomic E-state index is 12.0. The highest BCUT2D eigenvalue weighted by atomic mass is 16.5. The SMILES string of the molecule is CCN(Cc1cnc2ccccn12)C(=O)NCCOC. The molecule has 0 fully saturated rings. The zero-order valence-electron chi connectivity index (χ0n) is 11.9. The lowest BCUT2D eigenvalue weighted by Gasteiger charge is -2.21. The molecule has 0 bridgehead atoms. The van der Waals surface area contributed by atoms with Gasteiger partial charge in [0, 0.05) is 26.4 Å². The zero-order valence-corrected chi connectivity index (χ0v) is 11.9. The Hall–Kier alpha value is -2.08. The van der Waals surface area contributed by atoms with Crippen LogP contribution in [0.3, 0.4) is 0 Å². The van der Waals surface area contributed by atoms with E-state index in [1.807, 2.05) is 35.7 Å². The average Bonchev–Trinajstić information content (AvgIpc) is 2.88. The number of aromatic nitrogens is 2. The standard InChI is InChI=1S/C14H20N4O2/c1-3-17(14(19)15-7-9-20-2)11-12-10-16-13-6-4-5-8-18(12)13/h4-6,8,10H,3,7,9,11H2,1-2H3,(H,15,19). The first-order chi connectivity index (χ1) is 9.76. The highest BCUT2D eigenvalue weighted by Gasteiger charge is 2.13. The van der Waals surface area contributed by atoms with Crippen LogP contribution in [-0.4, -0.2) is 47.1 Å². The summed E-state index contributed by atoms with van der Waals surface area (Å²) in [6, 6.07) is 5.75. The van der Waals surface area contributed by atoms with Crippen LogP contribution in [0.5, 0.6) is 0 Å². The van der Waals surface area contributed by atoms with Crippen LogP contribution in [0.4, 0.5) is 4.79 Å². The molecule has 6 nitrogen and oxygen atoms in total. The Morgan fingerprint density at radius 2 is 2.35 bits per heavy atom. The summed E-state index contributed by atoms with van der Waals surface area (Å²) < 4.78 is 6.91. The maximum Gasteiger partial charge on any atom is 0.317 e. The molecule has 0 spiro atoms. The van der Waals surface area contributed by atoms with Crippen LogP contribution in [0.25, 0.3) is 5.65 Å². The Morgan fingerprint density at radius 1 is 1.50 bits per heavy atom. The lowest BCUT2D eigenvalue weighted by atomic mass is 10.4. The van der Waals surface area contributed by atoms with Gasteiger partial charge < -0.3 is 19.4 Å². The van der Waals surface area contributed by atoms with Crippen molar-refractivity contribution >= 4 is 11.7 Å². The fourth-order valence-corrected chi connectivity index (χ4v) is 2.00. The summed E-state index contributed by atoms with van der Waals surface area (Å²) in [7, 11) is 1.61. The molecule has 1 N–H and O–H groups in total. The van der Waals surface area contributed by atoms with E-state index in [2.05, 4.69) is 10.3 Å².